The standard InChI is InChI=1S/3C10H9N.2C9H8N2.C9H7N/c1-8-4-5-10-9(7-8)3-2-6-11-10;1-8-10-5-3-2-4-9(10)6-7-11-8;1-8-6-7-9-4-2-3-5-10(9)11-8;1-7-8-4-2-3-5-9(8)11-6-10-7;1-7-10-6-8-4-2-3-5-9(8)11-7;1-2-6-9-8(4-1)5-3-7-10-9/h3*2-7H,1H3;2*2-6H,1H3;1-7H. The van der Waals surface area contributed by atoms with Crippen LogP contribution >= 0.6 is 0 Å². The summed E-state index contributed by atoms with van der Waals surface area (Å²) in [5.41, 5.74) is 9.73. The summed E-state index contributed by atoms with van der Waals surface area (Å²) in [4.78, 5) is 33.6. The molecule has 0 N–H and O–H groups in total. The van der Waals surface area contributed by atoms with E-state index in [0.29, 0.717) is 0 Å². The Morgan fingerprint density at radius 1 is 0.308 bits per heavy atom. The lowest BCUT2D eigenvalue weighted by Crippen LogP contribution is -1.86. The van der Waals surface area contributed by atoms with E-state index in [2.05, 4.69) is 101 Å². The lowest BCUT2D eigenvalue weighted by atomic mass is 10.1. The van der Waals surface area contributed by atoms with Gasteiger partial charge in [-0.15, -0.1) is 0 Å². The van der Waals surface area contributed by atoms with E-state index in [0.717, 1.165) is 61.3 Å². The van der Waals surface area contributed by atoms with Gasteiger partial charge in [0, 0.05) is 74.2 Å². The molecule has 0 saturated heterocycles. The zero-order valence-corrected chi connectivity index (χ0v) is 37.3. The second-order valence-electron chi connectivity index (χ2n) is 15.1. The normalized spacial score (nSPS) is 10.2. The van der Waals surface area contributed by atoms with Crippen LogP contribution in [-0.4, -0.2) is 39.9 Å². The van der Waals surface area contributed by atoms with Crippen LogP contribution in [0.1, 0.15) is 28.5 Å². The van der Waals surface area contributed by atoms with Gasteiger partial charge in [0.15, 0.2) is 0 Å². The van der Waals surface area contributed by atoms with Crippen molar-refractivity contribution >= 4 is 65.3 Å². The highest BCUT2D eigenvalue weighted by Gasteiger charge is 1.97. The Bertz CT molecular complexity index is 3070. The summed E-state index contributed by atoms with van der Waals surface area (Å²) < 4.78 is 0. The van der Waals surface area contributed by atoms with E-state index in [-0.39, 0.29) is 0 Å². The van der Waals surface area contributed by atoms with Crippen LogP contribution in [0.15, 0.2) is 213 Å². The van der Waals surface area contributed by atoms with Crippen molar-refractivity contribution in [3.8, 4) is 0 Å². The third kappa shape index (κ3) is 12.8. The molecule has 0 spiro atoms. The fraction of sp³-hybridized carbons (Fsp3) is 0.0877. The summed E-state index contributed by atoms with van der Waals surface area (Å²) in [7, 11) is 0. The van der Waals surface area contributed by atoms with E-state index in [1.165, 1.54) is 32.5 Å². The molecular weight excluding hydrogens is 797 g/mol. The Morgan fingerprint density at radius 2 is 0.846 bits per heavy atom. The molecule has 6 heterocycles. The zero-order chi connectivity index (χ0) is 45.2. The number of benzene rings is 6. The lowest BCUT2D eigenvalue weighted by Gasteiger charge is -1.97. The van der Waals surface area contributed by atoms with Crippen LogP contribution in [-0.2, 0) is 0 Å². The van der Waals surface area contributed by atoms with Gasteiger partial charge in [-0.05, 0) is 101 Å². The molecular formula is C57H50N8. The molecule has 12 rings (SSSR count). The van der Waals surface area contributed by atoms with E-state index >= 15 is 0 Å². The maximum atomic E-state index is 4.38. The highest BCUT2D eigenvalue weighted by atomic mass is 14.9. The minimum absolute atomic E-state index is 0.823. The smallest absolute Gasteiger partial charge is 0.125 e. The molecule has 0 bridgehead atoms. The van der Waals surface area contributed by atoms with E-state index in [9.17, 15) is 0 Å². The van der Waals surface area contributed by atoms with Crippen molar-refractivity contribution in [3.63, 3.8) is 0 Å². The predicted octanol–water partition coefficient (Wildman–Crippen LogP) is 13.7. The first-order valence-corrected chi connectivity index (χ1v) is 21.4. The van der Waals surface area contributed by atoms with E-state index in [1.807, 2.05) is 180 Å². The number of para-hydroxylation sites is 4. The van der Waals surface area contributed by atoms with Crippen molar-refractivity contribution in [2.24, 2.45) is 0 Å². The molecule has 65 heavy (non-hydrogen) atoms. The Hall–Kier alpha value is -8.36. The molecule has 0 aliphatic rings. The molecule has 0 fully saturated rings. The average Bonchev–Trinajstić information content (AvgIpc) is 3.35. The number of hydrogen-bond acceptors (Lipinski definition) is 8. The first-order chi connectivity index (χ1) is 31.8. The largest absolute Gasteiger partial charge is 0.261 e. The fourth-order valence-electron chi connectivity index (χ4n) is 6.85. The van der Waals surface area contributed by atoms with Gasteiger partial charge >= 0.3 is 0 Å². The van der Waals surface area contributed by atoms with Crippen LogP contribution in [0.5, 0.6) is 0 Å². The van der Waals surface area contributed by atoms with Crippen molar-refractivity contribution in [3.05, 3.63) is 242 Å². The predicted molar refractivity (Wildman–Crippen MR) is 270 cm³/mol. The molecule has 6 aromatic heterocycles. The van der Waals surface area contributed by atoms with Gasteiger partial charge in [0.05, 0.1) is 27.6 Å². The average molecular weight is 847 g/mol. The van der Waals surface area contributed by atoms with Crippen LogP contribution in [0, 0.1) is 34.6 Å². The molecule has 0 saturated carbocycles. The highest BCUT2D eigenvalue weighted by Crippen LogP contribution is 2.16. The van der Waals surface area contributed by atoms with Crippen LogP contribution in [0.25, 0.3) is 65.3 Å². The van der Waals surface area contributed by atoms with E-state index < -0.39 is 0 Å². The van der Waals surface area contributed by atoms with Gasteiger partial charge in [-0.1, -0.05) is 127 Å². The van der Waals surface area contributed by atoms with Crippen LogP contribution in [0.4, 0.5) is 0 Å². The van der Waals surface area contributed by atoms with Gasteiger partial charge in [0.2, 0.25) is 0 Å². The summed E-state index contributed by atoms with van der Waals surface area (Å²) in [5, 5.41) is 8.36. The van der Waals surface area contributed by atoms with Crippen LogP contribution in [0.2, 0.25) is 0 Å². The van der Waals surface area contributed by atoms with Crippen molar-refractivity contribution in [2.75, 3.05) is 0 Å². The highest BCUT2D eigenvalue weighted by molar-refractivity contribution is 5.84. The van der Waals surface area contributed by atoms with Gasteiger partial charge in [0.25, 0.3) is 0 Å². The number of hydrogen-bond donors (Lipinski definition) is 0. The molecule has 8 nitrogen and oxygen atoms in total. The fourth-order valence-corrected chi connectivity index (χ4v) is 6.85. The molecule has 8 heteroatoms. The summed E-state index contributed by atoms with van der Waals surface area (Å²) in [6.07, 6.45) is 8.91. The maximum absolute atomic E-state index is 4.38. The summed E-state index contributed by atoms with van der Waals surface area (Å²) in [6.45, 7) is 10.0. The van der Waals surface area contributed by atoms with Crippen molar-refractivity contribution < 1.29 is 0 Å². The topological polar surface area (TPSA) is 103 Å². The molecule has 0 radical (unpaired) electrons. The number of fused-ring (bicyclic) bond motifs is 6. The number of aryl methyl sites for hydroxylation is 5. The maximum Gasteiger partial charge on any atom is 0.125 e. The second-order valence-corrected chi connectivity index (χ2v) is 15.1. The second kappa shape index (κ2) is 22.6. The minimum atomic E-state index is 0.823. The van der Waals surface area contributed by atoms with Gasteiger partial charge < -0.3 is 0 Å². The molecule has 0 amide bonds. The minimum Gasteiger partial charge on any atom is -0.261 e. The summed E-state index contributed by atoms with van der Waals surface area (Å²) in [6, 6.07) is 60.9. The van der Waals surface area contributed by atoms with Gasteiger partial charge in [-0.3, -0.25) is 19.9 Å². The summed E-state index contributed by atoms with van der Waals surface area (Å²) in [5.74, 6) is 0.823. The third-order valence-electron chi connectivity index (χ3n) is 10.2. The third-order valence-corrected chi connectivity index (χ3v) is 10.2. The molecule has 12 aromatic rings. The zero-order valence-electron chi connectivity index (χ0n) is 37.3. The van der Waals surface area contributed by atoms with Gasteiger partial charge in [0.1, 0.15) is 12.2 Å². The van der Waals surface area contributed by atoms with E-state index in [1.54, 1.807) is 6.33 Å². The molecule has 6 aromatic carbocycles. The number of rotatable bonds is 0. The Labute approximate surface area is 379 Å². The Kier molecular flexibility index (Phi) is 15.6. The van der Waals surface area contributed by atoms with Crippen LogP contribution < -0.4 is 0 Å². The Balaban J connectivity index is 0.000000116. The van der Waals surface area contributed by atoms with Gasteiger partial charge in [-0.25, -0.2) is 19.9 Å². The van der Waals surface area contributed by atoms with Crippen LogP contribution in [0.3, 0.4) is 0 Å². The van der Waals surface area contributed by atoms with Crippen molar-refractivity contribution in [2.45, 2.75) is 34.6 Å². The monoisotopic (exact) mass is 846 g/mol. The summed E-state index contributed by atoms with van der Waals surface area (Å²) >= 11 is 0. The first-order valence-electron chi connectivity index (χ1n) is 21.4. The number of aromatic nitrogens is 8. The Morgan fingerprint density at radius 3 is 1.54 bits per heavy atom. The SMILES string of the molecule is Cc1ccc2ccccc2n1.Cc1ccc2ncccc2c1.Cc1ncc2ccccc2n1.Cc1nccc2ccccc12.Cc1ncnc2ccccc12.c1ccc2ncccc2c1. The molecule has 0 atom stereocenters. The van der Waals surface area contributed by atoms with Gasteiger partial charge in [-0.2, -0.15) is 0 Å². The quantitative estimate of drug-likeness (QED) is 0.149. The number of pyridine rings is 4. The number of nitrogens with zero attached hydrogens (tertiary/aromatic N) is 8. The molecule has 0 aliphatic heterocycles. The van der Waals surface area contributed by atoms with Crippen molar-refractivity contribution in [1.82, 2.24) is 39.9 Å². The first kappa shape index (κ1) is 44.7. The van der Waals surface area contributed by atoms with E-state index in [4.69, 9.17) is 0 Å². The molecule has 318 valence electrons. The molecule has 0 aliphatic carbocycles. The van der Waals surface area contributed by atoms with Crippen molar-refractivity contribution in [1.29, 1.82) is 0 Å². The molecule has 0 unspecified atom stereocenters. The lowest BCUT2D eigenvalue weighted by molar-refractivity contribution is 1.09.